The van der Waals surface area contributed by atoms with E-state index in [0.29, 0.717) is 18.6 Å². The number of anilines is 2. The predicted octanol–water partition coefficient (Wildman–Crippen LogP) is 5.31. The van der Waals surface area contributed by atoms with Crippen molar-refractivity contribution in [3.63, 3.8) is 0 Å². The highest BCUT2D eigenvalue weighted by Crippen LogP contribution is 2.43. The summed E-state index contributed by atoms with van der Waals surface area (Å²) in [6.07, 6.45) is -14.4. The normalized spacial score (nSPS) is 16.5. The lowest BCUT2D eigenvalue weighted by atomic mass is 10.0. The van der Waals surface area contributed by atoms with Crippen LogP contribution >= 0.6 is 0 Å². The van der Waals surface area contributed by atoms with Gasteiger partial charge >= 0.3 is 18.5 Å². The first-order valence-electron chi connectivity index (χ1n) is 12.2. The first kappa shape index (κ1) is 30.3. The Labute approximate surface area is 227 Å². The SMILES string of the molecule is Cc1nc2c(cc1C(F)(F)F)N(CCO)CCCC2N(Cc1cc(C(F)(F)F)cc(C(F)(F)F)c1)c1nnn(C)n1. The van der Waals surface area contributed by atoms with Gasteiger partial charge in [0.1, 0.15) is 0 Å². The van der Waals surface area contributed by atoms with Crippen LogP contribution in [0.3, 0.4) is 0 Å². The van der Waals surface area contributed by atoms with E-state index < -0.39 is 47.8 Å². The molecule has 8 nitrogen and oxygen atoms in total. The molecule has 0 saturated heterocycles. The lowest BCUT2D eigenvalue weighted by molar-refractivity contribution is -0.143. The summed E-state index contributed by atoms with van der Waals surface area (Å²) in [6, 6.07) is 1.06. The Kier molecular flexibility index (Phi) is 8.12. The van der Waals surface area contributed by atoms with E-state index in [1.54, 1.807) is 0 Å². The lowest BCUT2D eigenvalue weighted by Crippen LogP contribution is -2.32. The number of tetrazole rings is 1. The second-order valence-electron chi connectivity index (χ2n) is 9.51. The minimum absolute atomic E-state index is 0.00567. The number of hydrogen-bond acceptors (Lipinski definition) is 7. The van der Waals surface area contributed by atoms with Crippen LogP contribution < -0.4 is 9.80 Å². The number of pyridine rings is 1. The van der Waals surface area contributed by atoms with Gasteiger partial charge in [0.2, 0.25) is 0 Å². The smallest absolute Gasteiger partial charge is 0.395 e. The van der Waals surface area contributed by atoms with E-state index in [1.807, 2.05) is 0 Å². The Morgan fingerprint density at radius 3 is 2.10 bits per heavy atom. The molecule has 0 saturated carbocycles. The van der Waals surface area contributed by atoms with E-state index in [9.17, 15) is 44.6 Å². The van der Waals surface area contributed by atoms with Gasteiger partial charge in [0.15, 0.2) is 0 Å². The van der Waals surface area contributed by atoms with Crippen molar-refractivity contribution in [2.75, 3.05) is 29.5 Å². The number of nitrogens with zero attached hydrogens (tertiary/aromatic N) is 7. The maximum absolute atomic E-state index is 13.8. The molecule has 0 spiro atoms. The summed E-state index contributed by atoms with van der Waals surface area (Å²) >= 11 is 0. The van der Waals surface area contributed by atoms with Crippen molar-refractivity contribution in [3.8, 4) is 0 Å². The molecule has 2 aromatic heterocycles. The summed E-state index contributed by atoms with van der Waals surface area (Å²) < 4.78 is 123. The molecule has 1 aliphatic heterocycles. The Morgan fingerprint density at radius 2 is 1.59 bits per heavy atom. The highest BCUT2D eigenvalue weighted by molar-refractivity contribution is 5.58. The molecule has 0 radical (unpaired) electrons. The third kappa shape index (κ3) is 6.65. The van der Waals surface area contributed by atoms with Gasteiger partial charge in [0.05, 0.1) is 53.5 Å². The number of rotatable bonds is 6. The van der Waals surface area contributed by atoms with Gasteiger partial charge in [-0.25, -0.2) is 0 Å². The third-order valence-electron chi connectivity index (χ3n) is 6.59. The Bertz CT molecular complexity index is 1350. The minimum Gasteiger partial charge on any atom is -0.395 e. The standard InChI is InChI=1S/C24H24F9N7O/c1-13-17(24(31,32)33)11-19-20(34-13)18(4-3-5-39(19)6-7-41)40(21-35-37-38(2)36-21)12-14-8-15(22(25,26)27)10-16(9-14)23(28,29)30/h8-11,18,41H,3-7,12H2,1-2H3. The van der Waals surface area contributed by atoms with E-state index in [2.05, 4.69) is 20.4 Å². The van der Waals surface area contributed by atoms with Crippen LogP contribution in [0, 0.1) is 6.92 Å². The van der Waals surface area contributed by atoms with Crippen molar-refractivity contribution in [1.82, 2.24) is 25.2 Å². The van der Waals surface area contributed by atoms with Crippen LogP contribution in [-0.2, 0) is 32.1 Å². The van der Waals surface area contributed by atoms with Crippen LogP contribution in [0.5, 0.6) is 0 Å². The highest BCUT2D eigenvalue weighted by atomic mass is 19.4. The van der Waals surface area contributed by atoms with Crippen molar-refractivity contribution in [3.05, 3.63) is 57.9 Å². The second-order valence-corrected chi connectivity index (χ2v) is 9.51. The number of aliphatic hydroxyl groups excluding tert-OH is 1. The van der Waals surface area contributed by atoms with Gasteiger partial charge in [0.25, 0.3) is 5.95 Å². The number of benzene rings is 1. The van der Waals surface area contributed by atoms with Crippen molar-refractivity contribution in [2.45, 2.75) is 50.9 Å². The summed E-state index contributed by atoms with van der Waals surface area (Å²) in [5.41, 5.74) is -4.72. The average Bonchev–Trinajstić information content (AvgIpc) is 3.21. The molecule has 3 heterocycles. The van der Waals surface area contributed by atoms with Crippen molar-refractivity contribution < 1.29 is 44.6 Å². The molecule has 1 atom stereocenters. The summed E-state index contributed by atoms with van der Waals surface area (Å²) in [7, 11) is 1.39. The number of β-amino-alcohol motifs (C(OH)–C–C–N with tert-alkyl or cyclic N) is 1. The van der Waals surface area contributed by atoms with E-state index in [-0.39, 0.29) is 60.8 Å². The quantitative estimate of drug-likeness (QED) is 0.386. The minimum atomic E-state index is -5.09. The molecule has 3 aromatic rings. The molecule has 0 aliphatic carbocycles. The molecule has 224 valence electrons. The van der Waals surface area contributed by atoms with E-state index in [0.717, 1.165) is 17.8 Å². The highest BCUT2D eigenvalue weighted by Gasteiger charge is 2.40. The summed E-state index contributed by atoms with van der Waals surface area (Å²) in [4.78, 5) is 8.05. The second kappa shape index (κ2) is 11.0. The fourth-order valence-electron chi connectivity index (χ4n) is 4.80. The maximum Gasteiger partial charge on any atom is 0.418 e. The molecule has 4 rings (SSSR count). The zero-order chi connectivity index (χ0) is 30.3. The van der Waals surface area contributed by atoms with E-state index in [1.165, 1.54) is 16.8 Å². The number of halogens is 9. The predicted molar refractivity (Wildman–Crippen MR) is 127 cm³/mol. The van der Waals surface area contributed by atoms with Gasteiger partial charge < -0.3 is 14.9 Å². The van der Waals surface area contributed by atoms with Gasteiger partial charge in [0, 0.05) is 19.6 Å². The monoisotopic (exact) mass is 597 g/mol. The van der Waals surface area contributed by atoms with Crippen molar-refractivity contribution >= 4 is 11.6 Å². The van der Waals surface area contributed by atoms with E-state index >= 15 is 0 Å². The zero-order valence-corrected chi connectivity index (χ0v) is 21.6. The summed E-state index contributed by atoms with van der Waals surface area (Å²) in [6.45, 7) is 0.349. The molecular formula is C24H24F9N7O. The van der Waals surface area contributed by atoms with Gasteiger partial charge in [-0.05, 0) is 54.8 Å². The Hall–Kier alpha value is -3.63. The molecule has 0 amide bonds. The number of aliphatic hydroxyl groups is 1. The van der Waals surface area contributed by atoms with Gasteiger partial charge in [-0.15, -0.1) is 5.10 Å². The molecule has 0 bridgehead atoms. The van der Waals surface area contributed by atoms with Crippen molar-refractivity contribution in [1.29, 1.82) is 0 Å². The van der Waals surface area contributed by atoms with E-state index in [4.69, 9.17) is 0 Å². The number of aromatic nitrogens is 5. The fraction of sp³-hybridized carbons (Fsp3) is 0.500. The van der Waals surface area contributed by atoms with Crippen LogP contribution in [0.2, 0.25) is 0 Å². The largest absolute Gasteiger partial charge is 0.418 e. The molecule has 41 heavy (non-hydrogen) atoms. The van der Waals surface area contributed by atoms with Crippen LogP contribution in [-0.4, -0.2) is 50.0 Å². The summed E-state index contributed by atoms with van der Waals surface area (Å²) in [5, 5.41) is 21.2. The fourth-order valence-corrected chi connectivity index (χ4v) is 4.80. The van der Waals surface area contributed by atoms with Crippen LogP contribution in [0.15, 0.2) is 24.3 Å². The van der Waals surface area contributed by atoms with Gasteiger partial charge in [-0.2, -0.15) is 44.3 Å². The number of alkyl halides is 9. The summed E-state index contributed by atoms with van der Waals surface area (Å²) in [5.74, 6) is -0.177. The van der Waals surface area contributed by atoms with Crippen molar-refractivity contribution in [2.24, 2.45) is 7.05 Å². The molecule has 1 aliphatic rings. The molecule has 17 heteroatoms. The van der Waals surface area contributed by atoms with Crippen LogP contribution in [0.1, 0.15) is 52.5 Å². The molecule has 1 unspecified atom stereocenters. The lowest BCUT2D eigenvalue weighted by Gasteiger charge is -2.32. The Morgan fingerprint density at radius 1 is 0.951 bits per heavy atom. The number of aryl methyl sites for hydroxylation is 2. The molecule has 1 N–H and O–H groups in total. The first-order valence-corrected chi connectivity index (χ1v) is 12.2. The Balaban J connectivity index is 1.90. The number of fused-ring (bicyclic) bond motifs is 1. The van der Waals surface area contributed by atoms with Gasteiger partial charge in [-0.3, -0.25) is 4.98 Å². The average molecular weight is 597 g/mol. The van der Waals surface area contributed by atoms with Crippen LogP contribution in [0.4, 0.5) is 51.1 Å². The molecule has 1 aromatic carbocycles. The maximum atomic E-state index is 13.8. The molecule has 0 fully saturated rings. The topological polar surface area (TPSA) is 83.2 Å². The third-order valence-corrected chi connectivity index (χ3v) is 6.59. The van der Waals surface area contributed by atoms with Crippen LogP contribution in [0.25, 0.3) is 0 Å². The molecular weight excluding hydrogens is 573 g/mol. The number of hydrogen-bond donors (Lipinski definition) is 1. The first-order chi connectivity index (χ1) is 19.0. The zero-order valence-electron chi connectivity index (χ0n) is 21.6. The van der Waals surface area contributed by atoms with Gasteiger partial charge in [-0.1, -0.05) is 5.10 Å².